The summed E-state index contributed by atoms with van der Waals surface area (Å²) in [6, 6.07) is 5.39. The van der Waals surface area contributed by atoms with Crippen LogP contribution in [0.2, 0.25) is 0 Å². The topological polar surface area (TPSA) is 64.0 Å². The Bertz CT molecular complexity index is 684. The van der Waals surface area contributed by atoms with Gasteiger partial charge in [-0.1, -0.05) is 15.9 Å². The van der Waals surface area contributed by atoms with Crippen LogP contribution in [0.4, 0.5) is 5.69 Å². The molecule has 0 saturated carbocycles. The van der Waals surface area contributed by atoms with Gasteiger partial charge in [-0.25, -0.2) is 8.42 Å². The monoisotopic (exact) mass is 441 g/mol. The number of anilines is 1. The number of nitrogens with one attached hydrogen (secondary N) is 1. The van der Waals surface area contributed by atoms with E-state index in [9.17, 15) is 8.42 Å². The van der Waals surface area contributed by atoms with E-state index in [2.05, 4.69) is 48.3 Å². The third-order valence-electron chi connectivity index (χ3n) is 2.16. The van der Waals surface area contributed by atoms with Crippen LogP contribution < -0.4 is 4.72 Å². The predicted octanol–water partition coefficient (Wildman–Crippen LogP) is 2.59. The average molecular weight is 442 g/mol. The van der Waals surface area contributed by atoms with Gasteiger partial charge in [0.25, 0.3) is 10.0 Å². The molecule has 0 aliphatic rings. The van der Waals surface area contributed by atoms with Crippen molar-refractivity contribution in [1.82, 2.24) is 9.78 Å². The maximum absolute atomic E-state index is 12.1. The molecule has 5 nitrogen and oxygen atoms in total. The molecule has 0 fully saturated rings. The van der Waals surface area contributed by atoms with Crippen LogP contribution in [-0.4, -0.2) is 18.2 Å². The van der Waals surface area contributed by atoms with Gasteiger partial charge in [0, 0.05) is 21.3 Å². The number of benzene rings is 1. The molecule has 1 heterocycles. The zero-order valence-corrected chi connectivity index (χ0v) is 13.8. The van der Waals surface area contributed by atoms with Gasteiger partial charge in [0.05, 0.1) is 11.9 Å². The van der Waals surface area contributed by atoms with Crippen molar-refractivity contribution in [1.29, 1.82) is 0 Å². The van der Waals surface area contributed by atoms with Gasteiger partial charge < -0.3 is 0 Å². The summed E-state index contributed by atoms with van der Waals surface area (Å²) < 4.78 is 29.8. The van der Waals surface area contributed by atoms with Gasteiger partial charge in [-0.2, -0.15) is 5.10 Å². The second-order valence-electron chi connectivity index (χ2n) is 3.58. The molecule has 1 N–H and O–H groups in total. The largest absolute Gasteiger partial charge is 0.278 e. The van der Waals surface area contributed by atoms with Crippen LogP contribution in [0, 0.1) is 3.57 Å². The molecule has 0 atom stereocenters. The van der Waals surface area contributed by atoms with E-state index in [0.717, 1.165) is 8.04 Å². The summed E-state index contributed by atoms with van der Waals surface area (Å²) in [5, 5.41) is 3.85. The van der Waals surface area contributed by atoms with Gasteiger partial charge in [-0.3, -0.25) is 9.40 Å². The van der Waals surface area contributed by atoms with E-state index in [1.165, 1.54) is 17.1 Å². The Morgan fingerprint density at radius 3 is 2.78 bits per heavy atom. The van der Waals surface area contributed by atoms with E-state index in [1.54, 1.807) is 13.1 Å². The first kappa shape index (κ1) is 13.8. The van der Waals surface area contributed by atoms with E-state index < -0.39 is 10.0 Å². The molecule has 2 aromatic rings. The molecule has 0 bridgehead atoms. The van der Waals surface area contributed by atoms with Crippen LogP contribution in [0.25, 0.3) is 0 Å². The van der Waals surface area contributed by atoms with Crippen LogP contribution in [0.3, 0.4) is 0 Å². The molecule has 0 radical (unpaired) electrons. The van der Waals surface area contributed by atoms with Crippen LogP contribution in [0.1, 0.15) is 0 Å². The van der Waals surface area contributed by atoms with Gasteiger partial charge in [0.2, 0.25) is 0 Å². The number of sulfonamides is 1. The first-order valence-corrected chi connectivity index (χ1v) is 8.20. The standard InChI is InChI=1S/C10H9BrIN3O2S/c1-15-6-8(5-13-15)18(16,17)14-10-4-7(11)2-3-9(10)12/h2-6,14H,1H3. The van der Waals surface area contributed by atoms with Crippen molar-refractivity contribution < 1.29 is 8.42 Å². The zero-order valence-electron chi connectivity index (χ0n) is 9.26. The van der Waals surface area contributed by atoms with Crippen LogP contribution in [0.5, 0.6) is 0 Å². The van der Waals surface area contributed by atoms with E-state index in [0.29, 0.717) is 5.69 Å². The highest BCUT2D eigenvalue weighted by Gasteiger charge is 2.17. The minimum absolute atomic E-state index is 0.140. The normalized spacial score (nSPS) is 11.5. The van der Waals surface area contributed by atoms with Crippen molar-refractivity contribution in [2.24, 2.45) is 7.05 Å². The lowest BCUT2D eigenvalue weighted by molar-refractivity contribution is 0.601. The second kappa shape index (κ2) is 5.17. The third-order valence-corrected chi connectivity index (χ3v) is 4.92. The van der Waals surface area contributed by atoms with Crippen molar-refractivity contribution in [3.05, 3.63) is 38.6 Å². The number of rotatable bonds is 3. The molecular formula is C10H9BrIN3O2S. The fourth-order valence-corrected chi connectivity index (χ4v) is 3.38. The molecule has 0 aliphatic carbocycles. The number of nitrogens with zero attached hydrogens (tertiary/aromatic N) is 2. The molecule has 0 unspecified atom stereocenters. The average Bonchev–Trinajstić information content (AvgIpc) is 2.71. The first-order chi connectivity index (χ1) is 8.38. The lowest BCUT2D eigenvalue weighted by atomic mass is 10.3. The lowest BCUT2D eigenvalue weighted by Crippen LogP contribution is -2.13. The second-order valence-corrected chi connectivity index (χ2v) is 7.34. The number of halogens is 2. The first-order valence-electron chi connectivity index (χ1n) is 4.85. The van der Waals surface area contributed by atoms with Crippen molar-refractivity contribution >= 4 is 54.2 Å². The summed E-state index contributed by atoms with van der Waals surface area (Å²) in [6.07, 6.45) is 2.76. The Kier molecular flexibility index (Phi) is 3.97. The van der Waals surface area contributed by atoms with Gasteiger partial charge in [0.15, 0.2) is 0 Å². The van der Waals surface area contributed by atoms with Crippen molar-refractivity contribution in [2.75, 3.05) is 4.72 Å². The summed E-state index contributed by atoms with van der Waals surface area (Å²) >= 11 is 5.38. The molecule has 96 valence electrons. The Hall–Kier alpha value is -0.610. The van der Waals surface area contributed by atoms with Crippen molar-refractivity contribution in [3.8, 4) is 0 Å². The zero-order chi connectivity index (χ0) is 13.3. The number of aryl methyl sites for hydroxylation is 1. The van der Waals surface area contributed by atoms with Crippen LogP contribution in [-0.2, 0) is 17.1 Å². The smallest absolute Gasteiger partial charge is 0.265 e. The van der Waals surface area contributed by atoms with Crippen LogP contribution >= 0.6 is 38.5 Å². The molecule has 8 heteroatoms. The molecular weight excluding hydrogens is 433 g/mol. The highest BCUT2D eigenvalue weighted by Crippen LogP contribution is 2.25. The third kappa shape index (κ3) is 3.04. The summed E-state index contributed by atoms with van der Waals surface area (Å²) in [4.78, 5) is 0.140. The Balaban J connectivity index is 2.36. The van der Waals surface area contributed by atoms with E-state index in [-0.39, 0.29) is 4.90 Å². The molecule has 18 heavy (non-hydrogen) atoms. The molecule has 0 aliphatic heterocycles. The molecule has 0 amide bonds. The molecule has 2 rings (SSSR count). The molecule has 0 spiro atoms. The maximum atomic E-state index is 12.1. The summed E-state index contributed by atoms with van der Waals surface area (Å²) in [7, 11) is -1.92. The predicted molar refractivity (Wildman–Crippen MR) is 80.9 cm³/mol. The molecule has 1 aromatic heterocycles. The van der Waals surface area contributed by atoms with Crippen molar-refractivity contribution in [3.63, 3.8) is 0 Å². The van der Waals surface area contributed by atoms with Gasteiger partial charge in [-0.15, -0.1) is 0 Å². The maximum Gasteiger partial charge on any atom is 0.265 e. The van der Waals surface area contributed by atoms with Gasteiger partial charge in [0.1, 0.15) is 4.90 Å². The Morgan fingerprint density at radius 1 is 1.44 bits per heavy atom. The fourth-order valence-electron chi connectivity index (χ4n) is 1.32. The van der Waals surface area contributed by atoms with Crippen LogP contribution in [0.15, 0.2) is 40.0 Å². The lowest BCUT2D eigenvalue weighted by Gasteiger charge is -2.08. The van der Waals surface area contributed by atoms with Gasteiger partial charge in [-0.05, 0) is 40.8 Å². The van der Waals surface area contributed by atoms with E-state index in [1.807, 2.05) is 12.1 Å². The minimum Gasteiger partial charge on any atom is -0.278 e. The highest BCUT2D eigenvalue weighted by atomic mass is 127. The van der Waals surface area contributed by atoms with Crippen molar-refractivity contribution in [2.45, 2.75) is 4.90 Å². The van der Waals surface area contributed by atoms with Gasteiger partial charge >= 0.3 is 0 Å². The fraction of sp³-hybridized carbons (Fsp3) is 0.100. The SMILES string of the molecule is Cn1cc(S(=O)(=O)Nc2cc(Br)ccc2I)cn1. The summed E-state index contributed by atoms with van der Waals surface area (Å²) in [5.41, 5.74) is 0.536. The van der Waals surface area contributed by atoms with E-state index >= 15 is 0 Å². The summed E-state index contributed by atoms with van der Waals surface area (Å²) in [6.45, 7) is 0. The molecule has 0 saturated heterocycles. The number of hydrogen-bond donors (Lipinski definition) is 1. The van der Waals surface area contributed by atoms with E-state index in [4.69, 9.17) is 0 Å². The quantitative estimate of drug-likeness (QED) is 0.744. The number of hydrogen-bond acceptors (Lipinski definition) is 3. The Morgan fingerprint density at radius 2 is 2.17 bits per heavy atom. The number of aromatic nitrogens is 2. The highest BCUT2D eigenvalue weighted by molar-refractivity contribution is 14.1. The minimum atomic E-state index is -3.59. The molecule has 1 aromatic carbocycles. The summed E-state index contributed by atoms with van der Waals surface area (Å²) in [5.74, 6) is 0. The Labute approximate surface area is 127 Å².